The van der Waals surface area contributed by atoms with Crippen molar-refractivity contribution in [2.75, 3.05) is 11.5 Å². The third kappa shape index (κ3) is 3.77. The molecule has 0 saturated carbocycles. The molecule has 2 aromatic carbocycles. The molecular formula is C15H16FNS. The highest BCUT2D eigenvalue weighted by atomic mass is 32.2. The standard InChI is InChI=1S/C15H16FNS/c16-14-11-13(8-9-15(14)17)18-10-4-7-12-5-2-1-3-6-12/h1-3,5-6,8-9,11H,4,7,10,17H2. The van der Waals surface area contributed by atoms with Crippen molar-refractivity contribution in [2.24, 2.45) is 0 Å². The third-order valence-electron chi connectivity index (χ3n) is 2.69. The average molecular weight is 261 g/mol. The maximum Gasteiger partial charge on any atom is 0.147 e. The lowest BCUT2D eigenvalue weighted by Crippen LogP contribution is -1.91. The minimum Gasteiger partial charge on any atom is -0.396 e. The van der Waals surface area contributed by atoms with Crippen molar-refractivity contribution in [3.05, 3.63) is 59.9 Å². The summed E-state index contributed by atoms with van der Waals surface area (Å²) >= 11 is 1.67. The highest BCUT2D eigenvalue weighted by Gasteiger charge is 2.00. The first-order valence-electron chi connectivity index (χ1n) is 5.97. The molecular weight excluding hydrogens is 245 g/mol. The van der Waals surface area contributed by atoms with Gasteiger partial charge in [0, 0.05) is 4.90 Å². The van der Waals surface area contributed by atoms with Crippen LogP contribution in [0.1, 0.15) is 12.0 Å². The lowest BCUT2D eigenvalue weighted by molar-refractivity contribution is 0.629. The molecule has 1 nitrogen and oxygen atoms in total. The highest BCUT2D eigenvalue weighted by Crippen LogP contribution is 2.23. The maximum atomic E-state index is 13.2. The Morgan fingerprint density at radius 2 is 1.83 bits per heavy atom. The van der Waals surface area contributed by atoms with E-state index in [1.54, 1.807) is 17.8 Å². The van der Waals surface area contributed by atoms with Crippen LogP contribution in [0.2, 0.25) is 0 Å². The van der Waals surface area contributed by atoms with E-state index in [1.165, 1.54) is 11.6 Å². The summed E-state index contributed by atoms with van der Waals surface area (Å²) in [5.41, 5.74) is 7.00. The molecule has 0 bridgehead atoms. The summed E-state index contributed by atoms with van der Waals surface area (Å²) in [5.74, 6) is 0.654. The Labute approximate surface area is 111 Å². The second-order valence-electron chi connectivity index (χ2n) is 4.12. The Kier molecular flexibility index (Phi) is 4.65. The molecule has 0 heterocycles. The van der Waals surface area contributed by atoms with E-state index in [2.05, 4.69) is 24.3 Å². The van der Waals surface area contributed by atoms with Gasteiger partial charge in [-0.05, 0) is 42.4 Å². The number of benzene rings is 2. The van der Waals surface area contributed by atoms with Gasteiger partial charge in [-0.3, -0.25) is 0 Å². The van der Waals surface area contributed by atoms with E-state index in [-0.39, 0.29) is 11.5 Å². The first-order chi connectivity index (χ1) is 8.75. The Morgan fingerprint density at radius 3 is 2.56 bits per heavy atom. The quantitative estimate of drug-likeness (QED) is 0.497. The maximum absolute atomic E-state index is 13.2. The minimum atomic E-state index is -0.331. The predicted octanol–water partition coefficient (Wildman–Crippen LogP) is 4.13. The fourth-order valence-corrected chi connectivity index (χ4v) is 2.58. The third-order valence-corrected chi connectivity index (χ3v) is 3.77. The van der Waals surface area contributed by atoms with Crippen LogP contribution in [0.5, 0.6) is 0 Å². The molecule has 94 valence electrons. The fourth-order valence-electron chi connectivity index (χ4n) is 1.71. The molecule has 0 aliphatic rings. The normalized spacial score (nSPS) is 10.5. The molecule has 0 aromatic heterocycles. The van der Waals surface area contributed by atoms with Crippen LogP contribution in [0.25, 0.3) is 0 Å². The van der Waals surface area contributed by atoms with Crippen LogP contribution in [0, 0.1) is 5.82 Å². The Bertz CT molecular complexity index is 499. The van der Waals surface area contributed by atoms with Crippen molar-refractivity contribution in [3.8, 4) is 0 Å². The summed E-state index contributed by atoms with van der Waals surface area (Å²) < 4.78 is 13.2. The van der Waals surface area contributed by atoms with Crippen molar-refractivity contribution < 1.29 is 4.39 Å². The van der Waals surface area contributed by atoms with Gasteiger partial charge in [-0.1, -0.05) is 30.3 Å². The van der Waals surface area contributed by atoms with Crippen LogP contribution in [-0.2, 0) is 6.42 Å². The first-order valence-corrected chi connectivity index (χ1v) is 6.96. The number of nitrogen functional groups attached to an aromatic ring is 1. The van der Waals surface area contributed by atoms with Gasteiger partial charge in [0.15, 0.2) is 0 Å². The number of thioether (sulfide) groups is 1. The summed E-state index contributed by atoms with van der Waals surface area (Å²) in [6.07, 6.45) is 2.14. The second-order valence-corrected chi connectivity index (χ2v) is 5.29. The number of anilines is 1. The Morgan fingerprint density at radius 1 is 1.06 bits per heavy atom. The van der Waals surface area contributed by atoms with E-state index in [4.69, 9.17) is 5.73 Å². The fraction of sp³-hybridized carbons (Fsp3) is 0.200. The van der Waals surface area contributed by atoms with Crippen LogP contribution in [-0.4, -0.2) is 5.75 Å². The summed E-state index contributed by atoms with van der Waals surface area (Å²) in [4.78, 5) is 0.940. The molecule has 3 heteroatoms. The Balaban J connectivity index is 1.77. The number of aryl methyl sites for hydroxylation is 1. The summed E-state index contributed by atoms with van der Waals surface area (Å²) in [6.45, 7) is 0. The van der Waals surface area contributed by atoms with E-state index in [0.717, 1.165) is 23.5 Å². The van der Waals surface area contributed by atoms with Gasteiger partial charge in [0.2, 0.25) is 0 Å². The molecule has 0 saturated heterocycles. The monoisotopic (exact) mass is 261 g/mol. The largest absolute Gasteiger partial charge is 0.396 e. The molecule has 0 spiro atoms. The zero-order chi connectivity index (χ0) is 12.8. The zero-order valence-corrected chi connectivity index (χ0v) is 10.9. The van der Waals surface area contributed by atoms with Crippen molar-refractivity contribution in [1.29, 1.82) is 0 Å². The van der Waals surface area contributed by atoms with Crippen molar-refractivity contribution in [2.45, 2.75) is 17.7 Å². The van der Waals surface area contributed by atoms with Crippen LogP contribution >= 0.6 is 11.8 Å². The first kappa shape index (κ1) is 13.0. The van der Waals surface area contributed by atoms with E-state index in [9.17, 15) is 4.39 Å². The number of rotatable bonds is 5. The molecule has 0 unspecified atom stereocenters. The van der Waals surface area contributed by atoms with Crippen molar-refractivity contribution >= 4 is 17.4 Å². The molecule has 0 radical (unpaired) electrons. The summed E-state index contributed by atoms with van der Waals surface area (Å²) in [6, 6.07) is 15.4. The SMILES string of the molecule is Nc1ccc(SCCCc2ccccc2)cc1F. The lowest BCUT2D eigenvalue weighted by Gasteiger charge is -2.03. The molecule has 0 aliphatic carbocycles. The van der Waals surface area contributed by atoms with E-state index < -0.39 is 0 Å². The zero-order valence-electron chi connectivity index (χ0n) is 10.1. The number of nitrogens with two attached hydrogens (primary N) is 1. The van der Waals surface area contributed by atoms with E-state index >= 15 is 0 Å². The van der Waals surface area contributed by atoms with E-state index in [0.29, 0.717) is 0 Å². The number of halogens is 1. The smallest absolute Gasteiger partial charge is 0.147 e. The summed E-state index contributed by atoms with van der Waals surface area (Å²) in [5, 5.41) is 0. The number of hydrogen-bond donors (Lipinski definition) is 1. The van der Waals surface area contributed by atoms with Gasteiger partial charge >= 0.3 is 0 Å². The molecule has 0 fully saturated rings. The molecule has 0 aliphatic heterocycles. The summed E-state index contributed by atoms with van der Waals surface area (Å²) in [7, 11) is 0. The molecule has 0 atom stereocenters. The van der Waals surface area contributed by atoms with Gasteiger partial charge < -0.3 is 5.73 Å². The topological polar surface area (TPSA) is 26.0 Å². The van der Waals surface area contributed by atoms with Gasteiger partial charge in [-0.15, -0.1) is 11.8 Å². The van der Waals surface area contributed by atoms with Crippen LogP contribution in [0.4, 0.5) is 10.1 Å². The van der Waals surface area contributed by atoms with Gasteiger partial charge in [-0.25, -0.2) is 4.39 Å². The lowest BCUT2D eigenvalue weighted by atomic mass is 10.1. The molecule has 18 heavy (non-hydrogen) atoms. The van der Waals surface area contributed by atoms with Crippen LogP contribution in [0.3, 0.4) is 0 Å². The van der Waals surface area contributed by atoms with E-state index in [1.807, 2.05) is 12.1 Å². The molecule has 0 amide bonds. The number of hydrogen-bond acceptors (Lipinski definition) is 2. The molecule has 2 aromatic rings. The Hall–Kier alpha value is -1.48. The van der Waals surface area contributed by atoms with Crippen LogP contribution in [0.15, 0.2) is 53.4 Å². The molecule has 2 N–H and O–H groups in total. The van der Waals surface area contributed by atoms with Gasteiger partial charge in [0.1, 0.15) is 5.82 Å². The van der Waals surface area contributed by atoms with Crippen molar-refractivity contribution in [3.63, 3.8) is 0 Å². The van der Waals surface area contributed by atoms with Gasteiger partial charge in [0.05, 0.1) is 5.69 Å². The predicted molar refractivity (Wildman–Crippen MR) is 76.3 cm³/mol. The van der Waals surface area contributed by atoms with Crippen LogP contribution < -0.4 is 5.73 Å². The molecule has 2 rings (SSSR count). The minimum absolute atomic E-state index is 0.212. The highest BCUT2D eigenvalue weighted by molar-refractivity contribution is 7.99. The van der Waals surface area contributed by atoms with Gasteiger partial charge in [0.25, 0.3) is 0 Å². The average Bonchev–Trinajstić information content (AvgIpc) is 2.40. The van der Waals surface area contributed by atoms with Gasteiger partial charge in [-0.2, -0.15) is 0 Å². The second kappa shape index (κ2) is 6.45. The van der Waals surface area contributed by atoms with Crippen molar-refractivity contribution in [1.82, 2.24) is 0 Å².